The molecule has 6 heteroatoms. The fraction of sp³-hybridized carbons (Fsp3) is 0.429. The van der Waals surface area contributed by atoms with Gasteiger partial charge in [-0.25, -0.2) is 4.79 Å². The molecule has 0 spiro atoms. The zero-order valence-corrected chi connectivity index (χ0v) is 15.9. The summed E-state index contributed by atoms with van der Waals surface area (Å²) in [5.74, 6) is 0.184. The molecule has 140 valence electrons. The van der Waals surface area contributed by atoms with E-state index in [4.69, 9.17) is 4.74 Å². The van der Waals surface area contributed by atoms with Crippen LogP contribution in [0.25, 0.3) is 0 Å². The number of thiophene rings is 1. The molecule has 3 heterocycles. The molecule has 27 heavy (non-hydrogen) atoms. The Morgan fingerprint density at radius 3 is 2.74 bits per heavy atom. The van der Waals surface area contributed by atoms with Crippen LogP contribution in [0.15, 0.2) is 41.8 Å². The fourth-order valence-corrected chi connectivity index (χ4v) is 5.42. The van der Waals surface area contributed by atoms with Gasteiger partial charge in [0.15, 0.2) is 0 Å². The van der Waals surface area contributed by atoms with Crippen molar-refractivity contribution < 1.29 is 14.3 Å². The fourth-order valence-electron chi connectivity index (χ4n) is 4.72. The van der Waals surface area contributed by atoms with Crippen molar-refractivity contribution in [3.05, 3.63) is 57.8 Å². The SMILES string of the molecule is O=C(Cc1cccs1)N1CCC(N2C(=O)OC3Cc4ccccc4C32)CC1. The summed E-state index contributed by atoms with van der Waals surface area (Å²) in [7, 11) is 0. The molecule has 1 aromatic carbocycles. The van der Waals surface area contributed by atoms with Gasteiger partial charge in [0.25, 0.3) is 0 Å². The summed E-state index contributed by atoms with van der Waals surface area (Å²) in [6.45, 7) is 1.41. The van der Waals surface area contributed by atoms with Crippen molar-refractivity contribution in [3.8, 4) is 0 Å². The van der Waals surface area contributed by atoms with E-state index in [0.29, 0.717) is 19.5 Å². The molecule has 0 radical (unpaired) electrons. The Hall–Kier alpha value is -2.34. The lowest BCUT2D eigenvalue weighted by Gasteiger charge is -2.38. The van der Waals surface area contributed by atoms with Crippen molar-refractivity contribution in [2.45, 2.75) is 43.9 Å². The van der Waals surface area contributed by atoms with Crippen molar-refractivity contribution in [1.82, 2.24) is 9.80 Å². The lowest BCUT2D eigenvalue weighted by molar-refractivity contribution is -0.131. The zero-order chi connectivity index (χ0) is 18.4. The minimum atomic E-state index is -0.192. The lowest BCUT2D eigenvalue weighted by atomic mass is 9.99. The average Bonchev–Trinajstić information content (AvgIpc) is 3.37. The molecule has 0 bridgehead atoms. The second kappa shape index (κ2) is 6.68. The zero-order valence-electron chi connectivity index (χ0n) is 15.0. The third-order valence-corrected chi connectivity index (χ3v) is 6.90. The highest BCUT2D eigenvalue weighted by Gasteiger charge is 2.50. The summed E-state index contributed by atoms with van der Waals surface area (Å²) in [5, 5.41) is 2.00. The van der Waals surface area contributed by atoms with Gasteiger partial charge in [0.05, 0.1) is 12.5 Å². The molecule has 2 aliphatic heterocycles. The molecule has 1 aliphatic carbocycles. The van der Waals surface area contributed by atoms with Crippen LogP contribution in [0, 0.1) is 0 Å². The Labute approximate surface area is 162 Å². The van der Waals surface area contributed by atoms with Crippen LogP contribution in [-0.2, 0) is 22.4 Å². The van der Waals surface area contributed by atoms with Gasteiger partial charge in [0.2, 0.25) is 5.91 Å². The molecule has 5 rings (SSSR count). The van der Waals surface area contributed by atoms with E-state index in [9.17, 15) is 9.59 Å². The molecule has 3 aliphatic rings. The van der Waals surface area contributed by atoms with E-state index in [2.05, 4.69) is 12.1 Å². The van der Waals surface area contributed by atoms with E-state index < -0.39 is 0 Å². The molecule has 1 aromatic heterocycles. The first-order valence-electron chi connectivity index (χ1n) is 9.57. The minimum Gasteiger partial charge on any atom is -0.443 e. The maximum Gasteiger partial charge on any atom is 0.411 e. The molecule has 5 nitrogen and oxygen atoms in total. The van der Waals surface area contributed by atoms with Crippen LogP contribution in [-0.4, -0.2) is 47.0 Å². The molecular weight excluding hydrogens is 360 g/mol. The second-order valence-electron chi connectivity index (χ2n) is 7.55. The van der Waals surface area contributed by atoms with Crippen LogP contribution in [0.1, 0.15) is 34.9 Å². The first-order valence-corrected chi connectivity index (χ1v) is 10.5. The number of benzene rings is 1. The molecule has 2 unspecified atom stereocenters. The number of ether oxygens (including phenoxy) is 1. The number of amides is 2. The standard InChI is InChI=1S/C21H22N2O3S/c24-19(13-16-5-3-11-27-16)22-9-7-15(8-10-22)23-20-17-6-2-1-4-14(17)12-18(20)26-21(23)25/h1-6,11,15,18,20H,7-10,12-13H2. The van der Waals surface area contributed by atoms with Crippen molar-refractivity contribution in [2.24, 2.45) is 0 Å². The molecule has 2 atom stereocenters. The topological polar surface area (TPSA) is 49.9 Å². The van der Waals surface area contributed by atoms with Gasteiger partial charge >= 0.3 is 6.09 Å². The van der Waals surface area contributed by atoms with Gasteiger partial charge in [-0.1, -0.05) is 30.3 Å². The maximum absolute atomic E-state index is 12.5. The van der Waals surface area contributed by atoms with Gasteiger partial charge in [0, 0.05) is 30.4 Å². The van der Waals surface area contributed by atoms with E-state index in [0.717, 1.165) is 24.1 Å². The van der Waals surface area contributed by atoms with E-state index in [-0.39, 0.29) is 30.2 Å². The van der Waals surface area contributed by atoms with Crippen molar-refractivity contribution in [2.75, 3.05) is 13.1 Å². The normalized spacial score (nSPS) is 24.7. The monoisotopic (exact) mass is 382 g/mol. The predicted octanol–water partition coefficient (Wildman–Crippen LogP) is 3.40. The number of fused-ring (bicyclic) bond motifs is 3. The Kier molecular flexibility index (Phi) is 4.16. The Balaban J connectivity index is 1.27. The summed E-state index contributed by atoms with van der Waals surface area (Å²) < 4.78 is 5.69. The lowest BCUT2D eigenvalue weighted by Crippen LogP contribution is -2.48. The highest BCUT2D eigenvalue weighted by molar-refractivity contribution is 7.10. The molecule has 0 saturated carbocycles. The largest absolute Gasteiger partial charge is 0.443 e. The molecule has 2 amide bonds. The molecule has 2 saturated heterocycles. The third kappa shape index (κ3) is 2.92. The smallest absolute Gasteiger partial charge is 0.411 e. The number of rotatable bonds is 3. The van der Waals surface area contributed by atoms with E-state index in [1.54, 1.807) is 11.3 Å². The number of hydrogen-bond donors (Lipinski definition) is 0. The summed E-state index contributed by atoms with van der Waals surface area (Å²) in [4.78, 5) is 30.1. The Morgan fingerprint density at radius 2 is 1.96 bits per heavy atom. The average molecular weight is 382 g/mol. The quantitative estimate of drug-likeness (QED) is 0.818. The summed E-state index contributed by atoms with van der Waals surface area (Å²) in [6.07, 6.45) is 2.66. The van der Waals surface area contributed by atoms with E-state index in [1.807, 2.05) is 39.4 Å². The molecule has 2 fully saturated rings. The van der Waals surface area contributed by atoms with Crippen molar-refractivity contribution in [1.29, 1.82) is 0 Å². The number of carbonyl (C=O) groups is 2. The molecular formula is C21H22N2O3S. The Bertz CT molecular complexity index is 858. The third-order valence-electron chi connectivity index (χ3n) is 6.03. The van der Waals surface area contributed by atoms with Crippen LogP contribution < -0.4 is 0 Å². The number of nitrogens with zero attached hydrogens (tertiary/aromatic N) is 2. The summed E-state index contributed by atoms with van der Waals surface area (Å²) in [5.41, 5.74) is 2.51. The van der Waals surface area contributed by atoms with E-state index in [1.165, 1.54) is 11.1 Å². The van der Waals surface area contributed by atoms with Crippen LogP contribution in [0.3, 0.4) is 0 Å². The van der Waals surface area contributed by atoms with Crippen LogP contribution in [0.2, 0.25) is 0 Å². The first kappa shape index (κ1) is 16.8. The molecule has 2 aromatic rings. The van der Waals surface area contributed by atoms with Crippen LogP contribution in [0.4, 0.5) is 4.79 Å². The van der Waals surface area contributed by atoms with E-state index >= 15 is 0 Å². The highest BCUT2D eigenvalue weighted by atomic mass is 32.1. The second-order valence-corrected chi connectivity index (χ2v) is 8.58. The first-order chi connectivity index (χ1) is 13.2. The highest BCUT2D eigenvalue weighted by Crippen LogP contribution is 2.44. The summed E-state index contributed by atoms with van der Waals surface area (Å²) >= 11 is 1.62. The van der Waals surface area contributed by atoms with Gasteiger partial charge < -0.3 is 9.64 Å². The molecule has 0 N–H and O–H groups in total. The number of hydrogen-bond acceptors (Lipinski definition) is 4. The predicted molar refractivity (Wildman–Crippen MR) is 103 cm³/mol. The van der Waals surface area contributed by atoms with Gasteiger partial charge in [-0.2, -0.15) is 0 Å². The number of carbonyl (C=O) groups excluding carboxylic acids is 2. The van der Waals surface area contributed by atoms with Gasteiger partial charge in [-0.3, -0.25) is 9.69 Å². The van der Waals surface area contributed by atoms with Gasteiger partial charge in [-0.05, 0) is 35.4 Å². The Morgan fingerprint density at radius 1 is 1.15 bits per heavy atom. The minimum absolute atomic E-state index is 0.0343. The number of piperidine rings is 1. The van der Waals surface area contributed by atoms with Crippen LogP contribution in [0.5, 0.6) is 0 Å². The van der Waals surface area contributed by atoms with Gasteiger partial charge in [0.1, 0.15) is 6.10 Å². The number of likely N-dealkylation sites (tertiary alicyclic amines) is 1. The van der Waals surface area contributed by atoms with Crippen molar-refractivity contribution >= 4 is 23.3 Å². The van der Waals surface area contributed by atoms with Gasteiger partial charge in [-0.15, -0.1) is 11.3 Å². The summed E-state index contributed by atoms with van der Waals surface area (Å²) in [6, 6.07) is 12.5. The van der Waals surface area contributed by atoms with Crippen LogP contribution >= 0.6 is 11.3 Å². The maximum atomic E-state index is 12.5. The van der Waals surface area contributed by atoms with Crippen molar-refractivity contribution in [3.63, 3.8) is 0 Å².